The van der Waals surface area contributed by atoms with E-state index in [2.05, 4.69) is 9.97 Å². The van der Waals surface area contributed by atoms with Gasteiger partial charge >= 0.3 is 5.97 Å². The molecule has 1 fully saturated rings. The molecule has 0 aromatic carbocycles. The molecule has 4 heterocycles. The van der Waals surface area contributed by atoms with Gasteiger partial charge in [-0.25, -0.2) is 9.78 Å². The number of carbonyl (C=O) groups is 2. The minimum atomic E-state index is -1.09. The number of carbonyl (C=O) groups excluding carboxylic acids is 1. The summed E-state index contributed by atoms with van der Waals surface area (Å²) in [4.78, 5) is 33.9. The summed E-state index contributed by atoms with van der Waals surface area (Å²) in [6.07, 6.45) is 6.55. The van der Waals surface area contributed by atoms with E-state index < -0.39 is 5.97 Å². The Morgan fingerprint density at radius 1 is 1.44 bits per heavy atom. The zero-order chi connectivity index (χ0) is 18.7. The molecule has 0 spiro atoms. The van der Waals surface area contributed by atoms with Gasteiger partial charge < -0.3 is 9.84 Å². The van der Waals surface area contributed by atoms with Crippen LogP contribution in [0.5, 0.6) is 5.88 Å². The molecule has 1 amide bonds. The summed E-state index contributed by atoms with van der Waals surface area (Å²) < 4.78 is 7.65. The molecule has 3 aliphatic rings. The van der Waals surface area contributed by atoms with Crippen molar-refractivity contribution in [3.8, 4) is 5.88 Å². The van der Waals surface area contributed by atoms with Crippen LogP contribution in [0.2, 0.25) is 0 Å². The zero-order valence-corrected chi connectivity index (χ0v) is 15.3. The third kappa shape index (κ3) is 2.31. The number of amides is 1. The number of aromatic nitrogens is 3. The molecular weight excluding hydrogens is 368 g/mol. The van der Waals surface area contributed by atoms with Crippen LogP contribution in [0, 0.1) is 0 Å². The lowest BCUT2D eigenvalue weighted by Gasteiger charge is -2.36. The lowest BCUT2D eigenvalue weighted by Crippen LogP contribution is -2.51. The monoisotopic (exact) mass is 384 g/mol. The second-order valence-electron chi connectivity index (χ2n) is 6.54. The fourth-order valence-corrected chi connectivity index (χ4v) is 4.92. The van der Waals surface area contributed by atoms with Crippen molar-refractivity contribution in [2.45, 2.75) is 31.6 Å². The predicted octanol–water partition coefficient (Wildman–Crippen LogP) is 1.84. The van der Waals surface area contributed by atoms with Gasteiger partial charge in [0.1, 0.15) is 11.1 Å². The number of nitrogens with zero attached hydrogens (tertiary/aromatic N) is 4. The Morgan fingerprint density at radius 3 is 3.07 bits per heavy atom. The number of aryl methyl sites for hydroxylation is 1. The van der Waals surface area contributed by atoms with Crippen LogP contribution in [0.15, 0.2) is 22.9 Å². The Balaban J connectivity index is 1.52. The normalized spacial score (nSPS) is 22.0. The molecule has 138 valence electrons. The Kier molecular flexibility index (Phi) is 3.55. The molecule has 1 unspecified atom stereocenters. The van der Waals surface area contributed by atoms with Crippen molar-refractivity contribution in [3.05, 3.63) is 39.8 Å². The minimum Gasteiger partial charge on any atom is -0.478 e. The smallest absolute Gasteiger partial charge is 0.353 e. The average Bonchev–Trinajstić information content (AvgIpc) is 3.35. The van der Waals surface area contributed by atoms with Crippen LogP contribution in [-0.2, 0) is 22.4 Å². The van der Waals surface area contributed by atoms with Crippen molar-refractivity contribution >= 4 is 35.5 Å². The summed E-state index contributed by atoms with van der Waals surface area (Å²) >= 11 is 1.32. The van der Waals surface area contributed by atoms with E-state index in [1.54, 1.807) is 6.08 Å². The van der Waals surface area contributed by atoms with Crippen LogP contribution in [-0.4, -0.2) is 48.2 Å². The zero-order valence-electron chi connectivity index (χ0n) is 14.5. The summed E-state index contributed by atoms with van der Waals surface area (Å²) in [6.45, 7) is 2.48. The van der Waals surface area contributed by atoms with Gasteiger partial charge in [0, 0.05) is 22.9 Å². The maximum Gasteiger partial charge on any atom is 0.353 e. The van der Waals surface area contributed by atoms with Crippen molar-refractivity contribution in [2.75, 3.05) is 6.61 Å². The van der Waals surface area contributed by atoms with E-state index in [0.717, 1.165) is 30.5 Å². The van der Waals surface area contributed by atoms with Crippen molar-refractivity contribution in [1.29, 1.82) is 0 Å². The first-order valence-corrected chi connectivity index (χ1v) is 9.70. The maximum atomic E-state index is 12.4. The quantitative estimate of drug-likeness (QED) is 0.634. The van der Waals surface area contributed by atoms with E-state index in [9.17, 15) is 9.59 Å². The number of carboxylic acids is 1. The van der Waals surface area contributed by atoms with Gasteiger partial charge in [0.2, 0.25) is 11.7 Å². The van der Waals surface area contributed by atoms with Gasteiger partial charge in [-0.05, 0) is 32.3 Å². The van der Waals surface area contributed by atoms with Crippen molar-refractivity contribution in [3.63, 3.8) is 0 Å². The standard InChI is InChI=1S/C18H16N4O4S/c1-2-26-14-10-4-3-5-12(10)21-7-9(19-18(21)20-14)6-11-15(23)22-13(17(24)25)8-27-16(11)22/h6-8,16H,2-5H2,1H3,(H,24,25)/b11-6+. The molecule has 0 saturated carbocycles. The molecule has 1 atom stereocenters. The molecule has 8 nitrogen and oxygen atoms in total. The number of imidazole rings is 1. The SMILES string of the molecule is CCOc1nc2nc(/C=C3\C(=O)N4C(C(=O)O)=CSC34)cn2c2c1CCC2. The number of carboxylic acid groups (broad SMARTS) is 1. The highest BCUT2D eigenvalue weighted by Gasteiger charge is 2.49. The first-order valence-electron chi connectivity index (χ1n) is 8.76. The second-order valence-corrected chi connectivity index (χ2v) is 7.49. The van der Waals surface area contributed by atoms with Crippen LogP contribution in [0.1, 0.15) is 30.3 Å². The molecule has 0 bridgehead atoms. The van der Waals surface area contributed by atoms with Gasteiger partial charge in [0.15, 0.2) is 0 Å². The number of hydrogen-bond donors (Lipinski definition) is 1. The van der Waals surface area contributed by atoms with Gasteiger partial charge in [0.05, 0.1) is 17.9 Å². The second kappa shape index (κ2) is 5.85. The van der Waals surface area contributed by atoms with Crippen LogP contribution < -0.4 is 4.74 Å². The molecule has 2 aromatic heterocycles. The van der Waals surface area contributed by atoms with E-state index >= 15 is 0 Å². The van der Waals surface area contributed by atoms with E-state index in [4.69, 9.17) is 9.84 Å². The maximum absolute atomic E-state index is 12.4. The predicted molar refractivity (Wildman–Crippen MR) is 98.1 cm³/mol. The highest BCUT2D eigenvalue weighted by Crippen LogP contribution is 2.45. The Morgan fingerprint density at radius 2 is 2.30 bits per heavy atom. The van der Waals surface area contributed by atoms with E-state index in [1.807, 2.05) is 17.5 Å². The minimum absolute atomic E-state index is 0.0305. The van der Waals surface area contributed by atoms with Gasteiger partial charge in [-0.3, -0.25) is 14.1 Å². The molecule has 2 aromatic rings. The van der Waals surface area contributed by atoms with E-state index in [-0.39, 0.29) is 17.0 Å². The van der Waals surface area contributed by atoms with Crippen LogP contribution in [0.25, 0.3) is 11.9 Å². The van der Waals surface area contributed by atoms with Crippen LogP contribution in [0.4, 0.5) is 0 Å². The molecule has 2 aliphatic heterocycles. The fourth-order valence-electron chi connectivity index (χ4n) is 3.80. The summed E-state index contributed by atoms with van der Waals surface area (Å²) in [7, 11) is 0. The number of ether oxygens (including phenoxy) is 1. The molecule has 9 heteroatoms. The van der Waals surface area contributed by atoms with Crippen molar-refractivity contribution in [1.82, 2.24) is 19.3 Å². The van der Waals surface area contributed by atoms with Gasteiger partial charge in [0.25, 0.3) is 5.91 Å². The Labute approximate surface area is 158 Å². The Bertz CT molecular complexity index is 1070. The molecule has 27 heavy (non-hydrogen) atoms. The lowest BCUT2D eigenvalue weighted by atomic mass is 10.0. The number of rotatable bonds is 4. The Hall–Kier alpha value is -2.81. The number of β-lactam (4-membered cyclic amide) rings is 1. The number of aliphatic carboxylic acids is 1. The summed E-state index contributed by atoms with van der Waals surface area (Å²) in [5.74, 6) is -0.176. The first-order chi connectivity index (χ1) is 13.1. The first kappa shape index (κ1) is 16.4. The van der Waals surface area contributed by atoms with Crippen LogP contribution >= 0.6 is 11.8 Å². The van der Waals surface area contributed by atoms with Gasteiger partial charge in [-0.1, -0.05) is 0 Å². The summed E-state index contributed by atoms with van der Waals surface area (Å²) in [5, 5.41) is 10.4. The highest BCUT2D eigenvalue weighted by molar-refractivity contribution is 8.03. The third-order valence-electron chi connectivity index (χ3n) is 4.98. The van der Waals surface area contributed by atoms with Gasteiger partial charge in [-0.2, -0.15) is 4.98 Å². The third-order valence-corrected chi connectivity index (χ3v) is 6.07. The number of fused-ring (bicyclic) bond motifs is 4. The highest BCUT2D eigenvalue weighted by atomic mass is 32.2. The molecular formula is C18H16N4O4S. The van der Waals surface area contributed by atoms with E-state index in [1.165, 1.54) is 22.1 Å². The topological polar surface area (TPSA) is 97.0 Å². The molecule has 1 aliphatic carbocycles. The molecule has 1 N–H and O–H groups in total. The van der Waals surface area contributed by atoms with E-state index in [0.29, 0.717) is 29.5 Å². The molecule has 0 radical (unpaired) electrons. The summed E-state index contributed by atoms with van der Waals surface area (Å²) in [6, 6.07) is 0. The fraction of sp³-hybridized carbons (Fsp3) is 0.333. The van der Waals surface area contributed by atoms with Crippen molar-refractivity contribution in [2.24, 2.45) is 0 Å². The lowest BCUT2D eigenvalue weighted by molar-refractivity contribution is -0.141. The molecule has 5 rings (SSSR count). The van der Waals surface area contributed by atoms with Gasteiger partial charge in [-0.15, -0.1) is 11.8 Å². The number of hydrogen-bond acceptors (Lipinski definition) is 6. The molecule has 1 saturated heterocycles. The number of thioether (sulfide) groups is 1. The van der Waals surface area contributed by atoms with Crippen LogP contribution in [0.3, 0.4) is 0 Å². The largest absolute Gasteiger partial charge is 0.478 e. The average molecular weight is 384 g/mol. The summed E-state index contributed by atoms with van der Waals surface area (Å²) in [5.41, 5.74) is 3.51. The van der Waals surface area contributed by atoms with Crippen molar-refractivity contribution < 1.29 is 19.4 Å².